The lowest BCUT2D eigenvalue weighted by Gasteiger charge is -2.18. The third-order valence-corrected chi connectivity index (χ3v) is 7.03. The second-order valence-electron chi connectivity index (χ2n) is 5.34. The van der Waals surface area contributed by atoms with Gasteiger partial charge in [-0.25, -0.2) is 8.42 Å². The van der Waals surface area contributed by atoms with Crippen LogP contribution in [-0.4, -0.2) is 40.8 Å². The molecule has 0 saturated carbocycles. The van der Waals surface area contributed by atoms with Crippen molar-refractivity contribution in [1.29, 1.82) is 0 Å². The van der Waals surface area contributed by atoms with Crippen LogP contribution in [0.25, 0.3) is 0 Å². The first-order valence-electron chi connectivity index (χ1n) is 7.15. The summed E-state index contributed by atoms with van der Waals surface area (Å²) in [6.45, 7) is -0.242. The van der Waals surface area contributed by atoms with Crippen molar-refractivity contribution in [3.05, 3.63) is 48.5 Å². The molecular weight excluding hydrogens is 368 g/mol. The number of anilines is 1. The fraction of sp³-hybridized carbons (Fsp3) is 0.133. The fourth-order valence-electron chi connectivity index (χ4n) is 2.52. The molecule has 3 rings (SSSR count). The van der Waals surface area contributed by atoms with Gasteiger partial charge in [0, 0.05) is 0 Å². The van der Waals surface area contributed by atoms with Gasteiger partial charge in [-0.15, -0.1) is 0 Å². The smallest absolute Gasteiger partial charge is 0.302 e. The number of carbonyl (C=O) groups excluding carboxylic acids is 1. The number of hydrogen-bond acceptors (Lipinski definition) is 6. The minimum Gasteiger partial charge on any atom is -0.504 e. The summed E-state index contributed by atoms with van der Waals surface area (Å²) in [4.78, 5) is 10.4. The van der Waals surface area contributed by atoms with Crippen LogP contribution in [-0.2, 0) is 24.8 Å². The van der Waals surface area contributed by atoms with E-state index in [0.717, 1.165) is 4.31 Å². The normalized spacial score (nSPS) is 19.7. The second kappa shape index (κ2) is 6.14. The molecular formula is C15H14N2O6S2. The highest BCUT2D eigenvalue weighted by Crippen LogP contribution is 2.38. The number of nitrogens with zero attached hydrogens (tertiary/aromatic N) is 1. The number of phenolic OH excluding ortho intramolecular Hbond substituents is 1. The van der Waals surface area contributed by atoms with Gasteiger partial charge in [0.1, 0.15) is 11.2 Å². The molecule has 1 atom stereocenters. The monoisotopic (exact) mass is 382 g/mol. The van der Waals surface area contributed by atoms with Crippen LogP contribution < -0.4 is 9.03 Å². The minimum atomic E-state index is -4.05. The van der Waals surface area contributed by atoms with Crippen LogP contribution >= 0.6 is 0 Å². The van der Waals surface area contributed by atoms with E-state index in [0.29, 0.717) is 6.29 Å². The Labute approximate surface area is 144 Å². The summed E-state index contributed by atoms with van der Waals surface area (Å²) in [7, 11) is -8.09. The Hall–Kier alpha value is -2.43. The van der Waals surface area contributed by atoms with Crippen molar-refractivity contribution in [1.82, 2.24) is 4.72 Å². The molecule has 0 amide bonds. The number of carbonyl (C=O) groups is 1. The van der Waals surface area contributed by atoms with E-state index in [9.17, 15) is 26.7 Å². The third-order valence-electron chi connectivity index (χ3n) is 3.71. The molecule has 1 aliphatic rings. The topological polar surface area (TPSA) is 121 Å². The van der Waals surface area contributed by atoms with Crippen molar-refractivity contribution in [3.8, 4) is 5.75 Å². The summed E-state index contributed by atoms with van der Waals surface area (Å²) in [5, 5.41) is 10.4. The summed E-state index contributed by atoms with van der Waals surface area (Å²) >= 11 is 0. The zero-order valence-corrected chi connectivity index (χ0v) is 14.4. The molecule has 0 spiro atoms. The van der Waals surface area contributed by atoms with Gasteiger partial charge in [0.05, 0.1) is 23.2 Å². The number of hydrogen-bond donors (Lipinski definition) is 2. The zero-order valence-electron chi connectivity index (χ0n) is 12.7. The van der Waals surface area contributed by atoms with Gasteiger partial charge in [-0.05, 0) is 24.3 Å². The maximum atomic E-state index is 12.7. The third kappa shape index (κ3) is 2.99. The largest absolute Gasteiger partial charge is 0.504 e. The van der Waals surface area contributed by atoms with E-state index in [4.69, 9.17) is 0 Å². The van der Waals surface area contributed by atoms with Crippen molar-refractivity contribution in [2.24, 2.45) is 0 Å². The van der Waals surface area contributed by atoms with Gasteiger partial charge in [0.15, 0.2) is 5.75 Å². The SMILES string of the molecule is O=CC1CN(c2cccc(S(=O)(=O)c3ccccc3)c2O)S(=O)(=O)N1. The van der Waals surface area contributed by atoms with Crippen LogP contribution in [0.1, 0.15) is 0 Å². The van der Waals surface area contributed by atoms with E-state index >= 15 is 0 Å². The molecule has 0 bridgehead atoms. The number of benzene rings is 2. The van der Waals surface area contributed by atoms with Crippen molar-refractivity contribution in [2.75, 3.05) is 10.8 Å². The molecule has 0 aliphatic carbocycles. The van der Waals surface area contributed by atoms with Crippen LogP contribution in [0.4, 0.5) is 5.69 Å². The van der Waals surface area contributed by atoms with Crippen LogP contribution in [0, 0.1) is 0 Å². The Morgan fingerprint density at radius 1 is 1.12 bits per heavy atom. The Balaban J connectivity index is 2.12. The molecule has 1 saturated heterocycles. The lowest BCUT2D eigenvalue weighted by atomic mass is 10.2. The first-order valence-corrected chi connectivity index (χ1v) is 10.1. The number of phenols is 1. The highest BCUT2D eigenvalue weighted by molar-refractivity contribution is 7.92. The number of rotatable bonds is 4. The first-order chi connectivity index (χ1) is 11.8. The zero-order chi connectivity index (χ0) is 18.2. The summed E-state index contributed by atoms with van der Waals surface area (Å²) in [6.07, 6.45) is 0.430. The quantitative estimate of drug-likeness (QED) is 0.741. The standard InChI is InChI=1S/C15H14N2O6S2/c18-10-11-9-17(25(22,23)16-11)13-7-4-8-14(15(13)19)24(20,21)12-5-2-1-3-6-12/h1-8,10-11,16,19H,9H2. The van der Waals surface area contributed by atoms with E-state index < -0.39 is 36.7 Å². The van der Waals surface area contributed by atoms with E-state index in [1.54, 1.807) is 6.07 Å². The number of sulfone groups is 1. The lowest BCUT2D eigenvalue weighted by Crippen LogP contribution is -2.30. The average molecular weight is 382 g/mol. The van der Waals surface area contributed by atoms with Gasteiger partial charge in [0.25, 0.3) is 0 Å². The van der Waals surface area contributed by atoms with E-state index in [-0.39, 0.29) is 17.1 Å². The molecule has 1 aliphatic heterocycles. The Morgan fingerprint density at radius 3 is 2.40 bits per heavy atom. The molecule has 132 valence electrons. The molecule has 10 heteroatoms. The highest BCUT2D eigenvalue weighted by atomic mass is 32.2. The van der Waals surface area contributed by atoms with Crippen molar-refractivity contribution < 1.29 is 26.7 Å². The Morgan fingerprint density at radius 2 is 1.80 bits per heavy atom. The van der Waals surface area contributed by atoms with Crippen LogP contribution in [0.2, 0.25) is 0 Å². The van der Waals surface area contributed by atoms with Gasteiger partial charge in [-0.2, -0.15) is 13.1 Å². The summed E-state index contributed by atoms with van der Waals surface area (Å²) in [5.41, 5.74) is -0.214. The van der Waals surface area contributed by atoms with Gasteiger partial charge >= 0.3 is 10.2 Å². The molecule has 0 aromatic heterocycles. The fourth-order valence-corrected chi connectivity index (χ4v) is 5.31. The van der Waals surface area contributed by atoms with E-state index in [1.165, 1.54) is 42.5 Å². The van der Waals surface area contributed by atoms with Crippen molar-refractivity contribution in [2.45, 2.75) is 15.8 Å². The Kier molecular flexibility index (Phi) is 4.27. The van der Waals surface area contributed by atoms with Gasteiger partial charge in [-0.1, -0.05) is 24.3 Å². The number of aromatic hydroxyl groups is 1. The predicted octanol–water partition coefficient (Wildman–Crippen LogP) is 0.447. The second-order valence-corrected chi connectivity index (χ2v) is 8.88. The molecule has 8 nitrogen and oxygen atoms in total. The summed E-state index contributed by atoms with van der Waals surface area (Å²) < 4.78 is 52.5. The van der Waals surface area contributed by atoms with Crippen LogP contribution in [0.3, 0.4) is 0 Å². The molecule has 1 fully saturated rings. The van der Waals surface area contributed by atoms with Crippen LogP contribution in [0.5, 0.6) is 5.75 Å². The van der Waals surface area contributed by atoms with Gasteiger partial charge < -0.3 is 9.90 Å². The van der Waals surface area contributed by atoms with Crippen molar-refractivity contribution in [3.63, 3.8) is 0 Å². The Bertz CT molecular complexity index is 1020. The maximum absolute atomic E-state index is 12.7. The molecule has 1 unspecified atom stereocenters. The number of nitrogens with one attached hydrogen (secondary N) is 1. The lowest BCUT2D eigenvalue weighted by molar-refractivity contribution is -0.108. The molecule has 2 aromatic rings. The summed E-state index contributed by atoms with van der Waals surface area (Å²) in [6, 6.07) is 10.3. The average Bonchev–Trinajstić information content (AvgIpc) is 2.90. The molecule has 2 aromatic carbocycles. The molecule has 1 heterocycles. The van der Waals surface area contributed by atoms with Crippen molar-refractivity contribution >= 4 is 32.0 Å². The molecule has 25 heavy (non-hydrogen) atoms. The van der Waals surface area contributed by atoms with E-state index in [2.05, 4.69) is 4.72 Å². The van der Waals surface area contributed by atoms with E-state index in [1.807, 2.05) is 0 Å². The van der Waals surface area contributed by atoms with Gasteiger partial charge in [-0.3, -0.25) is 4.31 Å². The number of para-hydroxylation sites is 1. The predicted molar refractivity (Wildman–Crippen MR) is 89.3 cm³/mol. The van der Waals surface area contributed by atoms with Gasteiger partial charge in [0.2, 0.25) is 9.84 Å². The number of aldehydes is 1. The first kappa shape index (κ1) is 17.4. The summed E-state index contributed by atoms with van der Waals surface area (Å²) in [5.74, 6) is -0.691. The molecule has 2 N–H and O–H groups in total. The maximum Gasteiger partial charge on any atom is 0.302 e. The van der Waals surface area contributed by atoms with Crippen LogP contribution in [0.15, 0.2) is 58.3 Å². The highest BCUT2D eigenvalue weighted by Gasteiger charge is 2.37. The minimum absolute atomic E-state index is 0.0318. The molecule has 0 radical (unpaired) electrons.